The first-order chi connectivity index (χ1) is 9.92. The Labute approximate surface area is 126 Å². The molecule has 2 aliphatic rings. The van der Waals surface area contributed by atoms with Gasteiger partial charge < -0.3 is 20.7 Å². The minimum atomic E-state index is -0.789. The van der Waals surface area contributed by atoms with Crippen molar-refractivity contribution in [2.45, 2.75) is 51.1 Å². The molecular weight excluding hydrogens is 270 g/mol. The molecule has 2 aliphatic heterocycles. The van der Waals surface area contributed by atoms with Crippen LogP contribution in [0.2, 0.25) is 0 Å². The van der Waals surface area contributed by atoms with Crippen LogP contribution in [-0.2, 0) is 14.3 Å². The second kappa shape index (κ2) is 6.75. The van der Waals surface area contributed by atoms with E-state index in [2.05, 4.69) is 5.32 Å². The second-order valence-electron chi connectivity index (χ2n) is 6.50. The van der Waals surface area contributed by atoms with E-state index in [4.69, 9.17) is 10.5 Å². The Bertz CT molecular complexity index is 384. The summed E-state index contributed by atoms with van der Waals surface area (Å²) < 4.78 is 5.26. The predicted octanol–water partition coefficient (Wildman–Crippen LogP) is 0.258. The summed E-state index contributed by atoms with van der Waals surface area (Å²) in [6.45, 7) is 6.35. The molecule has 2 rings (SSSR count). The predicted molar refractivity (Wildman–Crippen MR) is 79.6 cm³/mol. The van der Waals surface area contributed by atoms with E-state index < -0.39 is 5.54 Å². The Kier molecular flexibility index (Phi) is 5.22. The van der Waals surface area contributed by atoms with Gasteiger partial charge in [-0.1, -0.05) is 13.8 Å². The highest BCUT2D eigenvalue weighted by Crippen LogP contribution is 2.19. The maximum atomic E-state index is 12.3. The molecule has 2 saturated heterocycles. The molecular formula is C15H27N3O3. The van der Waals surface area contributed by atoms with Gasteiger partial charge in [0.05, 0.1) is 5.54 Å². The molecule has 0 radical (unpaired) electrons. The summed E-state index contributed by atoms with van der Waals surface area (Å²) in [6, 6.07) is 0.122. The van der Waals surface area contributed by atoms with Crippen LogP contribution >= 0.6 is 0 Å². The third-order valence-electron chi connectivity index (χ3n) is 4.47. The van der Waals surface area contributed by atoms with Gasteiger partial charge in [0, 0.05) is 38.3 Å². The van der Waals surface area contributed by atoms with Crippen LogP contribution in [0.4, 0.5) is 0 Å². The lowest BCUT2D eigenvalue weighted by atomic mass is 9.89. The number of ether oxygens (including phenoxy) is 1. The van der Waals surface area contributed by atoms with Crippen LogP contribution in [0.25, 0.3) is 0 Å². The summed E-state index contributed by atoms with van der Waals surface area (Å²) in [5, 5.41) is 3.06. The van der Waals surface area contributed by atoms with E-state index in [-0.39, 0.29) is 23.8 Å². The SMILES string of the molecule is CC(C)C(=O)N1CCC(NC(=O)C2(N)CCOCC2)CC1. The summed E-state index contributed by atoms with van der Waals surface area (Å²) in [7, 11) is 0. The number of likely N-dealkylation sites (tertiary alicyclic amines) is 1. The van der Waals surface area contributed by atoms with E-state index in [1.165, 1.54) is 0 Å². The van der Waals surface area contributed by atoms with Gasteiger partial charge in [0.15, 0.2) is 0 Å². The standard InChI is InChI=1S/C15H27N3O3/c1-11(2)13(19)18-7-3-12(4-8-18)17-14(20)15(16)5-9-21-10-6-15/h11-12H,3-10,16H2,1-2H3,(H,17,20). The first kappa shape index (κ1) is 16.2. The van der Waals surface area contributed by atoms with Crippen molar-refractivity contribution in [3.63, 3.8) is 0 Å². The summed E-state index contributed by atoms with van der Waals surface area (Å²) in [6.07, 6.45) is 2.75. The Morgan fingerprint density at radius 2 is 1.81 bits per heavy atom. The van der Waals surface area contributed by atoms with Crippen molar-refractivity contribution in [3.8, 4) is 0 Å². The maximum absolute atomic E-state index is 12.3. The maximum Gasteiger partial charge on any atom is 0.240 e. The summed E-state index contributed by atoms with van der Waals surface area (Å²) in [4.78, 5) is 26.2. The molecule has 0 spiro atoms. The molecule has 21 heavy (non-hydrogen) atoms. The smallest absolute Gasteiger partial charge is 0.240 e. The average molecular weight is 297 g/mol. The molecule has 0 saturated carbocycles. The van der Waals surface area contributed by atoms with Gasteiger partial charge in [-0.15, -0.1) is 0 Å². The largest absolute Gasteiger partial charge is 0.381 e. The third-order valence-corrected chi connectivity index (χ3v) is 4.47. The Morgan fingerprint density at radius 3 is 2.33 bits per heavy atom. The van der Waals surface area contributed by atoms with Gasteiger partial charge in [-0.05, 0) is 25.7 Å². The molecule has 2 amide bonds. The molecule has 0 aromatic heterocycles. The molecule has 6 heteroatoms. The minimum absolute atomic E-state index is 0.0330. The molecule has 0 atom stereocenters. The van der Waals surface area contributed by atoms with E-state index in [0.717, 1.165) is 12.8 Å². The van der Waals surface area contributed by atoms with E-state index in [9.17, 15) is 9.59 Å². The van der Waals surface area contributed by atoms with E-state index in [1.54, 1.807) is 0 Å². The van der Waals surface area contributed by atoms with Crippen LogP contribution in [0.15, 0.2) is 0 Å². The van der Waals surface area contributed by atoms with Crippen LogP contribution in [0, 0.1) is 5.92 Å². The van der Waals surface area contributed by atoms with Crippen molar-refractivity contribution in [2.75, 3.05) is 26.3 Å². The fraction of sp³-hybridized carbons (Fsp3) is 0.867. The molecule has 0 bridgehead atoms. The van der Waals surface area contributed by atoms with E-state index >= 15 is 0 Å². The second-order valence-corrected chi connectivity index (χ2v) is 6.50. The van der Waals surface area contributed by atoms with Crippen LogP contribution in [0.1, 0.15) is 39.5 Å². The summed E-state index contributed by atoms with van der Waals surface area (Å²) >= 11 is 0. The van der Waals surface area contributed by atoms with Gasteiger partial charge in [-0.3, -0.25) is 9.59 Å². The number of piperidine rings is 1. The van der Waals surface area contributed by atoms with Crippen molar-refractivity contribution in [2.24, 2.45) is 11.7 Å². The van der Waals surface area contributed by atoms with Crippen LogP contribution in [-0.4, -0.2) is 54.6 Å². The number of nitrogens with one attached hydrogen (secondary N) is 1. The molecule has 0 aliphatic carbocycles. The molecule has 0 aromatic carbocycles. The van der Waals surface area contributed by atoms with Gasteiger partial charge in [0.2, 0.25) is 11.8 Å². The molecule has 0 unspecified atom stereocenters. The number of hydrogen-bond donors (Lipinski definition) is 2. The zero-order chi connectivity index (χ0) is 15.5. The van der Waals surface area contributed by atoms with Crippen molar-refractivity contribution in [3.05, 3.63) is 0 Å². The quantitative estimate of drug-likeness (QED) is 0.782. The van der Waals surface area contributed by atoms with Crippen LogP contribution in [0.5, 0.6) is 0 Å². The molecule has 2 fully saturated rings. The fourth-order valence-corrected chi connectivity index (χ4v) is 2.90. The first-order valence-corrected chi connectivity index (χ1v) is 7.89. The molecule has 3 N–H and O–H groups in total. The highest BCUT2D eigenvalue weighted by atomic mass is 16.5. The number of carbonyl (C=O) groups is 2. The first-order valence-electron chi connectivity index (χ1n) is 7.89. The summed E-state index contributed by atoms with van der Waals surface area (Å²) in [5.74, 6) is 0.157. The fourth-order valence-electron chi connectivity index (χ4n) is 2.90. The highest BCUT2D eigenvalue weighted by Gasteiger charge is 2.37. The Morgan fingerprint density at radius 1 is 1.24 bits per heavy atom. The lowest BCUT2D eigenvalue weighted by Gasteiger charge is -2.37. The van der Waals surface area contributed by atoms with E-state index in [1.807, 2.05) is 18.7 Å². The van der Waals surface area contributed by atoms with Crippen molar-refractivity contribution >= 4 is 11.8 Å². The number of amides is 2. The zero-order valence-corrected chi connectivity index (χ0v) is 13.1. The Hall–Kier alpha value is -1.14. The van der Waals surface area contributed by atoms with Gasteiger partial charge in [-0.2, -0.15) is 0 Å². The van der Waals surface area contributed by atoms with Gasteiger partial charge in [0.25, 0.3) is 0 Å². The zero-order valence-electron chi connectivity index (χ0n) is 13.1. The molecule has 6 nitrogen and oxygen atoms in total. The molecule has 2 heterocycles. The lowest BCUT2D eigenvalue weighted by molar-refractivity contribution is -0.136. The number of hydrogen-bond acceptors (Lipinski definition) is 4. The van der Waals surface area contributed by atoms with Crippen LogP contribution < -0.4 is 11.1 Å². The van der Waals surface area contributed by atoms with Gasteiger partial charge in [0.1, 0.15) is 0 Å². The van der Waals surface area contributed by atoms with Crippen molar-refractivity contribution in [1.29, 1.82) is 0 Å². The van der Waals surface area contributed by atoms with Gasteiger partial charge >= 0.3 is 0 Å². The number of carbonyl (C=O) groups excluding carboxylic acids is 2. The normalized spacial score (nSPS) is 23.1. The van der Waals surface area contributed by atoms with Crippen molar-refractivity contribution in [1.82, 2.24) is 10.2 Å². The number of rotatable bonds is 3. The lowest BCUT2D eigenvalue weighted by Crippen LogP contribution is -2.59. The van der Waals surface area contributed by atoms with Gasteiger partial charge in [-0.25, -0.2) is 0 Å². The monoisotopic (exact) mass is 297 g/mol. The highest BCUT2D eigenvalue weighted by molar-refractivity contribution is 5.86. The summed E-state index contributed by atoms with van der Waals surface area (Å²) in [5.41, 5.74) is 5.39. The van der Waals surface area contributed by atoms with Crippen molar-refractivity contribution < 1.29 is 14.3 Å². The average Bonchev–Trinajstić information content (AvgIpc) is 2.48. The third kappa shape index (κ3) is 3.95. The number of nitrogens with zero attached hydrogens (tertiary/aromatic N) is 1. The number of nitrogens with two attached hydrogens (primary N) is 1. The van der Waals surface area contributed by atoms with Crippen LogP contribution in [0.3, 0.4) is 0 Å². The Balaban J connectivity index is 1.80. The minimum Gasteiger partial charge on any atom is -0.381 e. The topological polar surface area (TPSA) is 84.7 Å². The molecule has 120 valence electrons. The van der Waals surface area contributed by atoms with E-state index in [0.29, 0.717) is 39.1 Å². The molecule has 0 aromatic rings.